The number of allylic oxidation sites excluding steroid dienone is 1. The molecule has 0 bridgehead atoms. The first-order chi connectivity index (χ1) is 12.8. The van der Waals surface area contributed by atoms with Crippen molar-refractivity contribution in [3.8, 4) is 0 Å². The van der Waals surface area contributed by atoms with Gasteiger partial charge in [0.2, 0.25) is 0 Å². The van der Waals surface area contributed by atoms with Crippen LogP contribution in [0.1, 0.15) is 86.1 Å². The SMILES string of the molecule is CC1(C)CCC(C)(O)c2c(C3CCCc4oc(/C=C/C=O)cc43)cccc21.O. The largest absolute Gasteiger partial charge is 0.461 e. The van der Waals surface area contributed by atoms with Crippen molar-refractivity contribution in [3.05, 3.63) is 64.1 Å². The summed E-state index contributed by atoms with van der Waals surface area (Å²) in [5.41, 5.74) is 4.10. The van der Waals surface area contributed by atoms with Crippen molar-refractivity contribution in [2.45, 2.75) is 69.8 Å². The minimum Gasteiger partial charge on any atom is -0.461 e. The van der Waals surface area contributed by atoms with E-state index < -0.39 is 5.60 Å². The molecule has 2 unspecified atom stereocenters. The van der Waals surface area contributed by atoms with Gasteiger partial charge in [-0.05, 0) is 72.9 Å². The van der Waals surface area contributed by atoms with E-state index in [1.807, 2.05) is 6.92 Å². The highest BCUT2D eigenvalue weighted by molar-refractivity contribution is 5.73. The highest BCUT2D eigenvalue weighted by atomic mass is 16.3. The topological polar surface area (TPSA) is 81.9 Å². The van der Waals surface area contributed by atoms with Crippen LogP contribution in [-0.2, 0) is 22.2 Å². The van der Waals surface area contributed by atoms with Gasteiger partial charge in [0.1, 0.15) is 17.8 Å². The molecule has 0 amide bonds. The zero-order valence-corrected chi connectivity index (χ0v) is 16.9. The van der Waals surface area contributed by atoms with Gasteiger partial charge in [-0.25, -0.2) is 0 Å². The molecule has 0 saturated carbocycles. The Bertz CT molecular complexity index is 901. The van der Waals surface area contributed by atoms with Crippen LogP contribution in [0.5, 0.6) is 0 Å². The summed E-state index contributed by atoms with van der Waals surface area (Å²) in [4.78, 5) is 10.6. The van der Waals surface area contributed by atoms with Crippen LogP contribution >= 0.6 is 0 Å². The summed E-state index contributed by atoms with van der Waals surface area (Å²) >= 11 is 0. The molecule has 2 aliphatic carbocycles. The molecule has 28 heavy (non-hydrogen) atoms. The Balaban J connectivity index is 0.00000225. The number of carbonyl (C=O) groups excluding carboxylic acids is 1. The molecule has 0 radical (unpaired) electrons. The Morgan fingerprint density at radius 2 is 1.96 bits per heavy atom. The lowest BCUT2D eigenvalue weighted by Gasteiger charge is -2.43. The van der Waals surface area contributed by atoms with E-state index in [-0.39, 0.29) is 16.8 Å². The van der Waals surface area contributed by atoms with Crippen molar-refractivity contribution in [1.82, 2.24) is 0 Å². The summed E-state index contributed by atoms with van der Waals surface area (Å²) < 4.78 is 5.99. The molecule has 1 aromatic heterocycles. The van der Waals surface area contributed by atoms with E-state index in [9.17, 15) is 9.90 Å². The summed E-state index contributed by atoms with van der Waals surface area (Å²) in [6.45, 7) is 6.51. The van der Waals surface area contributed by atoms with Gasteiger partial charge in [-0.2, -0.15) is 0 Å². The van der Waals surface area contributed by atoms with Crippen molar-refractivity contribution < 1.29 is 19.8 Å². The first-order valence-corrected chi connectivity index (χ1v) is 9.94. The molecular formula is C24H30O4. The van der Waals surface area contributed by atoms with Gasteiger partial charge in [-0.15, -0.1) is 0 Å². The van der Waals surface area contributed by atoms with Crippen LogP contribution in [0.25, 0.3) is 6.08 Å². The van der Waals surface area contributed by atoms with Crippen molar-refractivity contribution >= 4 is 12.4 Å². The summed E-state index contributed by atoms with van der Waals surface area (Å²) in [6.07, 6.45) is 8.77. The van der Waals surface area contributed by atoms with Crippen molar-refractivity contribution in [2.24, 2.45) is 0 Å². The second-order valence-corrected chi connectivity index (χ2v) is 8.89. The van der Waals surface area contributed by atoms with Gasteiger partial charge in [0.15, 0.2) is 0 Å². The molecule has 2 atom stereocenters. The van der Waals surface area contributed by atoms with Gasteiger partial charge in [-0.1, -0.05) is 32.0 Å². The zero-order valence-electron chi connectivity index (χ0n) is 16.9. The van der Waals surface area contributed by atoms with Crippen LogP contribution in [0.15, 0.2) is 34.8 Å². The van der Waals surface area contributed by atoms with Crippen molar-refractivity contribution in [2.75, 3.05) is 0 Å². The summed E-state index contributed by atoms with van der Waals surface area (Å²) in [5, 5.41) is 11.3. The fraction of sp³-hybridized carbons (Fsp3) is 0.458. The number of benzene rings is 1. The van der Waals surface area contributed by atoms with Crippen molar-refractivity contribution in [3.63, 3.8) is 0 Å². The maximum atomic E-state index is 11.3. The maximum absolute atomic E-state index is 11.3. The van der Waals surface area contributed by atoms with Crippen LogP contribution in [0, 0.1) is 0 Å². The summed E-state index contributed by atoms with van der Waals surface area (Å²) in [5.74, 6) is 1.98. The van der Waals surface area contributed by atoms with Gasteiger partial charge in [-0.3, -0.25) is 4.79 Å². The van der Waals surface area contributed by atoms with Gasteiger partial charge >= 0.3 is 0 Å². The Morgan fingerprint density at radius 1 is 1.18 bits per heavy atom. The first kappa shape index (κ1) is 20.6. The van der Waals surface area contributed by atoms with E-state index >= 15 is 0 Å². The van der Waals surface area contributed by atoms with Gasteiger partial charge in [0.25, 0.3) is 0 Å². The highest BCUT2D eigenvalue weighted by Gasteiger charge is 2.41. The fourth-order valence-corrected chi connectivity index (χ4v) is 4.96. The predicted molar refractivity (Wildman–Crippen MR) is 110 cm³/mol. The Kier molecular flexibility index (Phi) is 5.39. The maximum Gasteiger partial charge on any atom is 0.142 e. The predicted octanol–water partition coefficient (Wildman–Crippen LogP) is 4.41. The van der Waals surface area contributed by atoms with Crippen LogP contribution in [0.4, 0.5) is 0 Å². The molecule has 150 valence electrons. The number of aryl methyl sites for hydroxylation is 1. The average molecular weight is 383 g/mol. The number of aliphatic hydroxyl groups is 1. The minimum atomic E-state index is -0.803. The van der Waals surface area contributed by atoms with E-state index in [1.165, 1.54) is 22.8 Å². The number of rotatable bonds is 3. The fourth-order valence-electron chi connectivity index (χ4n) is 4.96. The normalized spacial score (nSPS) is 25.6. The van der Waals surface area contributed by atoms with E-state index in [4.69, 9.17) is 4.42 Å². The summed E-state index contributed by atoms with van der Waals surface area (Å²) in [6, 6.07) is 8.58. The highest BCUT2D eigenvalue weighted by Crippen LogP contribution is 2.50. The van der Waals surface area contributed by atoms with E-state index in [1.54, 1.807) is 6.08 Å². The average Bonchev–Trinajstić information content (AvgIpc) is 3.06. The number of hydrogen-bond donors (Lipinski definition) is 1. The smallest absolute Gasteiger partial charge is 0.142 e. The lowest BCUT2D eigenvalue weighted by atomic mass is 9.64. The van der Waals surface area contributed by atoms with Crippen LogP contribution in [-0.4, -0.2) is 16.9 Å². The Labute approximate surface area is 166 Å². The number of aldehydes is 1. The number of furan rings is 1. The van der Waals surface area contributed by atoms with Crippen LogP contribution < -0.4 is 0 Å². The molecule has 4 heteroatoms. The van der Waals surface area contributed by atoms with E-state index in [0.29, 0.717) is 0 Å². The second-order valence-electron chi connectivity index (χ2n) is 8.89. The van der Waals surface area contributed by atoms with E-state index in [0.717, 1.165) is 55.5 Å². The molecular weight excluding hydrogens is 352 g/mol. The minimum absolute atomic E-state index is 0. The lowest BCUT2D eigenvalue weighted by molar-refractivity contribution is -0.104. The Morgan fingerprint density at radius 3 is 2.71 bits per heavy atom. The molecule has 4 nitrogen and oxygen atoms in total. The van der Waals surface area contributed by atoms with E-state index in [2.05, 4.69) is 38.1 Å². The molecule has 3 N–H and O–H groups in total. The first-order valence-electron chi connectivity index (χ1n) is 9.94. The molecule has 0 spiro atoms. The van der Waals surface area contributed by atoms with Crippen molar-refractivity contribution in [1.29, 1.82) is 0 Å². The van der Waals surface area contributed by atoms with Gasteiger partial charge < -0.3 is 15.0 Å². The third kappa shape index (κ3) is 3.36. The zero-order chi connectivity index (χ0) is 19.2. The molecule has 2 aliphatic rings. The standard InChI is InChI=1S/C24H28O3.H2O/c1-23(2)12-13-24(3,26)22-18(9-4-10-20(22)23)17-8-5-11-21-19(17)15-16(27-21)7-6-14-25;/h4,6-7,9-10,14-15,17,26H,5,8,11-13H2,1-3H3;1H2/b7-6+;. The quantitative estimate of drug-likeness (QED) is 0.630. The van der Waals surface area contributed by atoms with Crippen LogP contribution in [0.3, 0.4) is 0 Å². The monoisotopic (exact) mass is 382 g/mol. The van der Waals surface area contributed by atoms with Crippen LogP contribution in [0.2, 0.25) is 0 Å². The summed E-state index contributed by atoms with van der Waals surface area (Å²) in [7, 11) is 0. The molecule has 1 heterocycles. The number of carbonyl (C=O) groups is 1. The number of fused-ring (bicyclic) bond motifs is 2. The molecule has 0 fully saturated rings. The second kappa shape index (κ2) is 7.34. The third-order valence-electron chi connectivity index (χ3n) is 6.45. The number of hydrogen-bond acceptors (Lipinski definition) is 3. The Hall–Kier alpha value is -2.17. The van der Waals surface area contributed by atoms with Gasteiger partial charge in [0.05, 0.1) is 5.60 Å². The molecule has 2 aromatic rings. The lowest BCUT2D eigenvalue weighted by Crippen LogP contribution is -2.37. The molecule has 4 rings (SSSR count). The molecule has 0 saturated heterocycles. The molecule has 0 aliphatic heterocycles. The molecule has 1 aromatic carbocycles. The third-order valence-corrected chi connectivity index (χ3v) is 6.45. The van der Waals surface area contributed by atoms with Gasteiger partial charge in [0, 0.05) is 17.9 Å².